The molecule has 4 fully saturated rings. The van der Waals surface area contributed by atoms with E-state index in [1.54, 1.807) is 0 Å². The predicted molar refractivity (Wildman–Crippen MR) is 140 cm³/mol. The van der Waals surface area contributed by atoms with Crippen LogP contribution in [0.2, 0.25) is 0 Å². The summed E-state index contributed by atoms with van der Waals surface area (Å²) in [5.41, 5.74) is 0. The summed E-state index contributed by atoms with van der Waals surface area (Å²) in [6.07, 6.45) is -28.8. The largest absolute Gasteiger partial charge is 0.394 e. The highest BCUT2D eigenvalue weighted by molar-refractivity contribution is 4.97. The zero-order valence-electron chi connectivity index (χ0n) is 24.9. The molecular formula is C26H46O19. The van der Waals surface area contributed by atoms with Crippen LogP contribution in [0, 0.1) is 5.92 Å². The van der Waals surface area contributed by atoms with E-state index in [1.807, 2.05) is 0 Å². The van der Waals surface area contributed by atoms with E-state index in [-0.39, 0.29) is 0 Å². The normalized spacial score (nSPS) is 52.9. The van der Waals surface area contributed by atoms with E-state index in [0.717, 1.165) is 0 Å². The summed E-state index contributed by atoms with van der Waals surface area (Å²) in [7, 11) is 1.23. The fraction of sp³-hybridized carbons (Fsp3) is 1.00. The quantitative estimate of drug-likeness (QED) is 0.104. The highest BCUT2D eigenvalue weighted by Gasteiger charge is 2.55. The van der Waals surface area contributed by atoms with Crippen LogP contribution in [0.25, 0.3) is 0 Å². The van der Waals surface area contributed by atoms with Crippen molar-refractivity contribution < 1.29 is 94.1 Å². The first kappa shape index (κ1) is 37.1. The van der Waals surface area contributed by atoms with E-state index < -0.39 is 142 Å². The molecule has 4 rings (SSSR count). The van der Waals surface area contributed by atoms with E-state index in [4.69, 9.17) is 37.9 Å². The Labute approximate surface area is 257 Å². The average Bonchev–Trinajstić information content (AvgIpc) is 3.03. The summed E-state index contributed by atoms with van der Waals surface area (Å²) in [5, 5.41) is 114. The van der Waals surface area contributed by atoms with Crippen LogP contribution in [0.1, 0.15) is 13.8 Å². The van der Waals surface area contributed by atoms with Gasteiger partial charge < -0.3 is 94.1 Å². The second-order valence-electron chi connectivity index (χ2n) is 11.7. The number of hydrogen-bond donors (Lipinski definition) is 11. The number of rotatable bonds is 10. The van der Waals surface area contributed by atoms with Crippen molar-refractivity contribution in [3.63, 3.8) is 0 Å². The topological polar surface area (TPSA) is 296 Å². The van der Waals surface area contributed by atoms with Gasteiger partial charge in [-0.05, 0) is 6.92 Å². The molecule has 20 atom stereocenters. The first-order chi connectivity index (χ1) is 21.3. The lowest BCUT2D eigenvalue weighted by Gasteiger charge is -2.50. The third-order valence-corrected chi connectivity index (χ3v) is 8.71. The molecule has 0 amide bonds. The molecule has 0 saturated carbocycles. The minimum atomic E-state index is -1.84. The number of methoxy groups -OCH3 is 1. The van der Waals surface area contributed by atoms with E-state index in [9.17, 15) is 56.2 Å². The van der Waals surface area contributed by atoms with Gasteiger partial charge in [-0.25, -0.2) is 0 Å². The van der Waals surface area contributed by atoms with Gasteiger partial charge in [-0.2, -0.15) is 0 Å². The fourth-order valence-electron chi connectivity index (χ4n) is 5.88. The van der Waals surface area contributed by atoms with Gasteiger partial charge in [-0.3, -0.25) is 0 Å². The molecule has 0 aliphatic carbocycles. The Morgan fingerprint density at radius 1 is 0.444 bits per heavy atom. The maximum absolute atomic E-state index is 11.1. The van der Waals surface area contributed by atoms with Crippen molar-refractivity contribution in [1.82, 2.24) is 0 Å². The maximum Gasteiger partial charge on any atom is 0.187 e. The first-order valence-corrected chi connectivity index (χ1v) is 14.7. The Hall–Kier alpha value is -0.760. The van der Waals surface area contributed by atoms with Gasteiger partial charge in [0.1, 0.15) is 79.4 Å². The lowest BCUT2D eigenvalue weighted by molar-refractivity contribution is -0.390. The van der Waals surface area contributed by atoms with Gasteiger partial charge >= 0.3 is 0 Å². The van der Waals surface area contributed by atoms with Crippen LogP contribution in [0.5, 0.6) is 0 Å². The van der Waals surface area contributed by atoms with Gasteiger partial charge in [0.25, 0.3) is 0 Å². The summed E-state index contributed by atoms with van der Waals surface area (Å²) < 4.78 is 44.9. The number of aliphatic hydroxyl groups is 11. The molecule has 4 saturated heterocycles. The summed E-state index contributed by atoms with van der Waals surface area (Å²) in [6, 6.07) is 0. The highest BCUT2D eigenvalue weighted by atomic mass is 16.8. The zero-order chi connectivity index (χ0) is 33.3. The van der Waals surface area contributed by atoms with Crippen LogP contribution in [0.15, 0.2) is 0 Å². The highest BCUT2D eigenvalue weighted by Crippen LogP contribution is 2.36. The summed E-state index contributed by atoms with van der Waals surface area (Å²) in [6.45, 7) is 0.709. The van der Waals surface area contributed by atoms with Crippen LogP contribution in [-0.4, -0.2) is 200 Å². The third-order valence-electron chi connectivity index (χ3n) is 8.71. The molecule has 0 radical (unpaired) electrons. The monoisotopic (exact) mass is 662 g/mol. The zero-order valence-corrected chi connectivity index (χ0v) is 24.9. The van der Waals surface area contributed by atoms with E-state index >= 15 is 0 Å². The smallest absolute Gasteiger partial charge is 0.187 e. The predicted octanol–water partition coefficient (Wildman–Crippen LogP) is -6.79. The summed E-state index contributed by atoms with van der Waals surface area (Å²) in [4.78, 5) is 0. The molecule has 4 aliphatic rings. The molecule has 0 spiro atoms. The van der Waals surface area contributed by atoms with Crippen molar-refractivity contribution in [2.75, 3.05) is 26.9 Å². The van der Waals surface area contributed by atoms with Crippen molar-refractivity contribution in [2.24, 2.45) is 5.92 Å². The molecule has 0 aromatic heterocycles. The molecular weight excluding hydrogens is 616 g/mol. The summed E-state index contributed by atoms with van der Waals surface area (Å²) in [5.74, 6) is -0.993. The van der Waals surface area contributed by atoms with Gasteiger partial charge in [-0.15, -0.1) is 0 Å². The third kappa shape index (κ3) is 7.47. The van der Waals surface area contributed by atoms with Gasteiger partial charge in [0.05, 0.1) is 32.0 Å². The molecule has 4 aliphatic heterocycles. The molecule has 8 unspecified atom stereocenters. The molecule has 19 nitrogen and oxygen atoms in total. The molecule has 0 bridgehead atoms. The van der Waals surface area contributed by atoms with E-state index in [2.05, 4.69) is 0 Å². The van der Waals surface area contributed by atoms with Crippen molar-refractivity contribution in [3.8, 4) is 0 Å². The van der Waals surface area contributed by atoms with Crippen LogP contribution < -0.4 is 0 Å². The molecule has 11 N–H and O–H groups in total. The Balaban J connectivity index is 1.58. The SMILES string of the molecule is CO[C@@H]1OC(CO)[C@H](O)[C@H](O[C@@H]2OC(CO)[C@H](O)[C@H](O[C@@H]3OC(CO)[C@H](O)[C@H](O)C3O[C@@H]3OC(C)[C@@H](O)C(O)[C@@H]3O)C2C)C1O. The van der Waals surface area contributed by atoms with E-state index in [1.165, 1.54) is 21.0 Å². The second kappa shape index (κ2) is 15.6. The average molecular weight is 663 g/mol. The lowest BCUT2D eigenvalue weighted by atomic mass is 9.91. The number of ether oxygens (including phenoxy) is 8. The molecule has 0 aromatic rings. The van der Waals surface area contributed by atoms with Crippen molar-refractivity contribution in [2.45, 2.75) is 131 Å². The van der Waals surface area contributed by atoms with Crippen LogP contribution >= 0.6 is 0 Å². The van der Waals surface area contributed by atoms with Crippen LogP contribution in [0.4, 0.5) is 0 Å². The Kier molecular flexibility index (Phi) is 12.9. The molecule has 0 aromatic carbocycles. The van der Waals surface area contributed by atoms with Gasteiger partial charge in [-0.1, -0.05) is 6.92 Å². The standard InChI is InChI=1S/C26H46O19/c1-7-20(14(32)10(5-28)40-23(7)44-21-15(33)11(6-29)41-24(38-3)19(21)37)43-26-22(17(35)13(31)9(4-27)42-26)45-25-18(36)16(34)12(30)8(2)39-25/h7-37H,4-6H2,1-3H3/t7?,8?,9?,10?,11?,12-,13+,14+,15+,16?,17+,18+,19?,20-,21+,22?,23+,24-,25+,26+/m1/s1. The number of hydrogen-bond acceptors (Lipinski definition) is 19. The molecule has 45 heavy (non-hydrogen) atoms. The Bertz CT molecular complexity index is 901. The van der Waals surface area contributed by atoms with Crippen molar-refractivity contribution in [3.05, 3.63) is 0 Å². The van der Waals surface area contributed by atoms with Crippen LogP contribution in [0.3, 0.4) is 0 Å². The molecule has 19 heteroatoms. The van der Waals surface area contributed by atoms with Crippen LogP contribution in [-0.2, 0) is 37.9 Å². The fourth-order valence-corrected chi connectivity index (χ4v) is 5.88. The minimum absolute atomic E-state index is 0.646. The molecule has 264 valence electrons. The van der Waals surface area contributed by atoms with Gasteiger partial charge in [0.15, 0.2) is 25.2 Å². The van der Waals surface area contributed by atoms with Crippen molar-refractivity contribution >= 4 is 0 Å². The molecule has 4 heterocycles. The Morgan fingerprint density at radius 3 is 1.51 bits per heavy atom. The van der Waals surface area contributed by atoms with E-state index in [0.29, 0.717) is 0 Å². The second-order valence-corrected chi connectivity index (χ2v) is 11.7. The number of aliphatic hydroxyl groups excluding tert-OH is 11. The minimum Gasteiger partial charge on any atom is -0.394 e. The van der Waals surface area contributed by atoms with Crippen molar-refractivity contribution in [1.29, 1.82) is 0 Å². The van der Waals surface area contributed by atoms with Gasteiger partial charge in [0.2, 0.25) is 0 Å². The maximum atomic E-state index is 11.1. The van der Waals surface area contributed by atoms with Gasteiger partial charge in [0, 0.05) is 13.0 Å². The summed E-state index contributed by atoms with van der Waals surface area (Å²) >= 11 is 0. The first-order valence-electron chi connectivity index (χ1n) is 14.7. The lowest BCUT2D eigenvalue weighted by Crippen LogP contribution is -2.66. The Morgan fingerprint density at radius 2 is 0.933 bits per heavy atom.